The number of allylic oxidation sites excluding steroid dienone is 2. The summed E-state index contributed by atoms with van der Waals surface area (Å²) in [6.07, 6.45) is -1.60. The number of methoxy groups -OCH3 is 1. The molecular weight excluding hydrogens is 380 g/mol. The Balaban J connectivity index is 1.89. The van der Waals surface area contributed by atoms with E-state index >= 15 is 0 Å². The molecule has 10 heteroatoms. The lowest BCUT2D eigenvalue weighted by atomic mass is 9.82. The number of nitrogens with two attached hydrogens (primary N) is 2. The normalized spacial score (nSPS) is 37.9. The third-order valence-corrected chi connectivity index (χ3v) is 6.41. The highest BCUT2D eigenvalue weighted by Gasteiger charge is 2.79. The Morgan fingerprint density at radius 1 is 1.28 bits per heavy atom. The molecule has 2 fully saturated rings. The molecule has 1 unspecified atom stereocenters. The molecule has 4 N–H and O–H groups in total. The topological polar surface area (TPSA) is 137 Å². The van der Waals surface area contributed by atoms with E-state index in [0.29, 0.717) is 0 Å². The second kappa shape index (κ2) is 6.28. The molecule has 0 spiro atoms. The number of likely N-dealkylation sites (N-methyl/N-ethyl adjacent to an activating group) is 1. The van der Waals surface area contributed by atoms with Crippen molar-refractivity contribution in [3.8, 4) is 0 Å². The molecule has 0 saturated carbocycles. The predicted molar refractivity (Wildman–Crippen MR) is 99.9 cm³/mol. The summed E-state index contributed by atoms with van der Waals surface area (Å²) in [7, 11) is 3.44. The first-order valence-corrected chi connectivity index (χ1v) is 9.53. The van der Waals surface area contributed by atoms with Gasteiger partial charge in [-0.1, -0.05) is 0 Å². The van der Waals surface area contributed by atoms with Crippen LogP contribution in [-0.2, 0) is 23.8 Å². The van der Waals surface area contributed by atoms with Gasteiger partial charge < -0.3 is 30.6 Å². The molecule has 1 amide bonds. The molecule has 0 bridgehead atoms. The van der Waals surface area contributed by atoms with Crippen molar-refractivity contribution in [2.24, 2.45) is 17.4 Å². The number of carbonyl (C=O) groups is 3. The fourth-order valence-electron chi connectivity index (χ4n) is 5.19. The van der Waals surface area contributed by atoms with E-state index in [9.17, 15) is 14.4 Å². The number of ketones is 2. The third-order valence-electron chi connectivity index (χ3n) is 6.41. The van der Waals surface area contributed by atoms with Crippen LogP contribution in [0.25, 0.3) is 0 Å². The van der Waals surface area contributed by atoms with Crippen LogP contribution in [0.4, 0.5) is 4.79 Å². The average molecular weight is 406 g/mol. The van der Waals surface area contributed by atoms with E-state index in [0.717, 1.165) is 0 Å². The van der Waals surface area contributed by atoms with Crippen LogP contribution in [0.2, 0.25) is 0 Å². The number of piperazine rings is 1. The van der Waals surface area contributed by atoms with Crippen LogP contribution in [-0.4, -0.2) is 78.4 Å². The van der Waals surface area contributed by atoms with Crippen LogP contribution >= 0.6 is 0 Å². The Kier molecular flexibility index (Phi) is 4.30. The van der Waals surface area contributed by atoms with Gasteiger partial charge in [-0.15, -0.1) is 0 Å². The number of hydrogen-bond acceptors (Lipinski definition) is 9. The van der Waals surface area contributed by atoms with Gasteiger partial charge in [0.15, 0.2) is 5.72 Å². The molecule has 0 aromatic carbocycles. The van der Waals surface area contributed by atoms with Crippen molar-refractivity contribution in [1.29, 1.82) is 0 Å². The standard InChI is InChI=1S/C19H26N4O6/c1-7(2)29-17-13-16(22(13)4)19(27-5)9(6-28-18(21)26)10-12(23(17)19)14(24)8(3)11(20)15(10)25/h7,9,13,16-17H,6,20H2,1-5H3,(H2,21,26)/t9-,13-,16+,17+,19-,22?/m1/s1. The summed E-state index contributed by atoms with van der Waals surface area (Å²) in [5, 5.41) is 0. The molecule has 158 valence electrons. The number of Topliss-reactive ketones (excluding diaryl/α,β-unsaturated/α-hetero) is 2. The lowest BCUT2D eigenvalue weighted by molar-refractivity contribution is -0.197. The quantitative estimate of drug-likeness (QED) is 0.455. The number of fused-ring (bicyclic) bond motifs is 4. The number of primary amides is 1. The highest BCUT2D eigenvalue weighted by Crippen LogP contribution is 2.61. The first kappa shape index (κ1) is 19.9. The molecule has 3 heterocycles. The molecule has 2 saturated heterocycles. The Labute approximate surface area is 168 Å². The molecule has 29 heavy (non-hydrogen) atoms. The minimum Gasteiger partial charge on any atom is -0.449 e. The van der Waals surface area contributed by atoms with E-state index in [1.54, 1.807) is 4.90 Å². The minimum atomic E-state index is -1.12. The zero-order chi connectivity index (χ0) is 21.4. The smallest absolute Gasteiger partial charge is 0.404 e. The van der Waals surface area contributed by atoms with Crippen LogP contribution in [0.5, 0.6) is 0 Å². The first-order valence-electron chi connectivity index (χ1n) is 9.53. The van der Waals surface area contributed by atoms with E-state index in [1.807, 2.05) is 20.9 Å². The van der Waals surface area contributed by atoms with Gasteiger partial charge in [0.25, 0.3) is 0 Å². The molecule has 4 aliphatic rings. The maximum Gasteiger partial charge on any atom is 0.404 e. The molecule has 4 rings (SSSR count). The van der Waals surface area contributed by atoms with Crippen molar-refractivity contribution in [3.63, 3.8) is 0 Å². The molecule has 0 radical (unpaired) electrons. The Morgan fingerprint density at radius 3 is 2.48 bits per heavy atom. The summed E-state index contributed by atoms with van der Waals surface area (Å²) in [4.78, 5) is 41.5. The van der Waals surface area contributed by atoms with E-state index in [2.05, 4.69) is 4.90 Å². The van der Waals surface area contributed by atoms with E-state index in [-0.39, 0.29) is 53.1 Å². The van der Waals surface area contributed by atoms with Crippen LogP contribution in [0.3, 0.4) is 0 Å². The Bertz CT molecular complexity index is 880. The van der Waals surface area contributed by atoms with Crippen molar-refractivity contribution < 1.29 is 28.6 Å². The number of nitrogens with zero attached hydrogens (tertiary/aromatic N) is 2. The largest absolute Gasteiger partial charge is 0.449 e. The number of hydrogen-bond donors (Lipinski definition) is 2. The van der Waals surface area contributed by atoms with Gasteiger partial charge in [0.2, 0.25) is 11.6 Å². The molecule has 0 aromatic heterocycles. The fourth-order valence-corrected chi connectivity index (χ4v) is 5.19. The van der Waals surface area contributed by atoms with Crippen LogP contribution in [0, 0.1) is 5.92 Å². The SMILES string of the molecule is CO[C@@]12[C@H](COC(N)=O)C3=C(C(=O)C(C)=C(N)C3=O)N1[C@@H](OC(C)C)[C@H]1[C@@H]2N1C. The van der Waals surface area contributed by atoms with Crippen molar-refractivity contribution >= 4 is 17.7 Å². The maximum atomic E-state index is 13.2. The van der Waals surface area contributed by atoms with Crippen molar-refractivity contribution in [1.82, 2.24) is 9.80 Å². The number of ether oxygens (including phenoxy) is 3. The summed E-state index contributed by atoms with van der Waals surface area (Å²) in [5.74, 6) is -1.54. The second-order valence-corrected chi connectivity index (χ2v) is 8.14. The van der Waals surface area contributed by atoms with Gasteiger partial charge in [-0.3, -0.25) is 14.5 Å². The summed E-state index contributed by atoms with van der Waals surface area (Å²) in [6, 6.07) is -0.195. The van der Waals surface area contributed by atoms with Crippen molar-refractivity contribution in [2.45, 2.75) is 50.9 Å². The summed E-state index contributed by atoms with van der Waals surface area (Å²) < 4.78 is 17.3. The molecule has 6 atom stereocenters. The minimum absolute atomic E-state index is 0.0334. The van der Waals surface area contributed by atoms with Gasteiger partial charge in [0, 0.05) is 18.3 Å². The van der Waals surface area contributed by atoms with Gasteiger partial charge in [0.05, 0.1) is 35.5 Å². The van der Waals surface area contributed by atoms with Crippen LogP contribution < -0.4 is 11.5 Å². The number of rotatable bonds is 5. The summed E-state index contributed by atoms with van der Waals surface area (Å²) >= 11 is 0. The third kappa shape index (κ3) is 2.36. The van der Waals surface area contributed by atoms with Crippen LogP contribution in [0.15, 0.2) is 22.5 Å². The second-order valence-electron chi connectivity index (χ2n) is 8.14. The highest BCUT2D eigenvalue weighted by atomic mass is 16.6. The van der Waals surface area contributed by atoms with E-state index < -0.39 is 29.7 Å². The van der Waals surface area contributed by atoms with Gasteiger partial charge in [-0.05, 0) is 27.8 Å². The molecule has 10 nitrogen and oxygen atoms in total. The highest BCUT2D eigenvalue weighted by molar-refractivity contribution is 6.25. The predicted octanol–water partition coefficient (Wildman–Crippen LogP) is -0.558. The zero-order valence-corrected chi connectivity index (χ0v) is 17.1. The maximum absolute atomic E-state index is 13.2. The number of amides is 1. The molecule has 0 aromatic rings. The lowest BCUT2D eigenvalue weighted by Gasteiger charge is -2.43. The summed E-state index contributed by atoms with van der Waals surface area (Å²) in [6.45, 7) is 5.12. The molecule has 1 aliphatic carbocycles. The first-order chi connectivity index (χ1) is 13.6. The molecular formula is C19H26N4O6. The summed E-state index contributed by atoms with van der Waals surface area (Å²) in [5.41, 5.74) is 10.5. The van der Waals surface area contributed by atoms with E-state index in [4.69, 9.17) is 25.7 Å². The zero-order valence-electron chi connectivity index (χ0n) is 17.1. The fraction of sp³-hybridized carbons (Fsp3) is 0.632. The lowest BCUT2D eigenvalue weighted by Crippen LogP contribution is -2.58. The van der Waals surface area contributed by atoms with Gasteiger partial charge in [-0.25, -0.2) is 4.79 Å². The van der Waals surface area contributed by atoms with E-state index in [1.165, 1.54) is 14.0 Å². The Morgan fingerprint density at radius 2 is 1.93 bits per heavy atom. The van der Waals surface area contributed by atoms with Crippen molar-refractivity contribution in [3.05, 3.63) is 22.5 Å². The number of carbonyl (C=O) groups excluding carboxylic acids is 3. The average Bonchev–Trinajstić information content (AvgIpc) is 3.10. The van der Waals surface area contributed by atoms with Gasteiger partial charge in [-0.2, -0.15) is 0 Å². The van der Waals surface area contributed by atoms with Gasteiger partial charge >= 0.3 is 6.09 Å². The Hall–Kier alpha value is -2.43. The van der Waals surface area contributed by atoms with Crippen LogP contribution in [0.1, 0.15) is 20.8 Å². The molecule has 3 aliphatic heterocycles. The monoisotopic (exact) mass is 406 g/mol. The van der Waals surface area contributed by atoms with Gasteiger partial charge in [0.1, 0.15) is 12.8 Å². The van der Waals surface area contributed by atoms with Crippen molar-refractivity contribution in [2.75, 3.05) is 20.8 Å².